The van der Waals surface area contributed by atoms with Crippen LogP contribution >= 0.6 is 0 Å². The SMILES string of the molecule is O=C(NCc1ccccn1)c1cccc(C(=O)N2CCOCC2)n1. The minimum absolute atomic E-state index is 0.183. The first-order valence-corrected chi connectivity index (χ1v) is 7.76. The molecule has 2 amide bonds. The third-order valence-corrected chi connectivity index (χ3v) is 3.66. The molecule has 2 aromatic heterocycles. The number of carbonyl (C=O) groups excluding carboxylic acids is 2. The monoisotopic (exact) mass is 326 g/mol. The average molecular weight is 326 g/mol. The summed E-state index contributed by atoms with van der Waals surface area (Å²) in [7, 11) is 0. The van der Waals surface area contributed by atoms with Gasteiger partial charge in [0.1, 0.15) is 11.4 Å². The van der Waals surface area contributed by atoms with Gasteiger partial charge in [0.15, 0.2) is 0 Å². The highest BCUT2D eigenvalue weighted by Crippen LogP contribution is 2.07. The van der Waals surface area contributed by atoms with Crippen LogP contribution in [-0.2, 0) is 11.3 Å². The van der Waals surface area contributed by atoms with Gasteiger partial charge in [-0.05, 0) is 24.3 Å². The molecule has 0 aromatic carbocycles. The van der Waals surface area contributed by atoms with Crippen LogP contribution in [0.25, 0.3) is 0 Å². The molecule has 7 nitrogen and oxygen atoms in total. The van der Waals surface area contributed by atoms with Gasteiger partial charge in [0.25, 0.3) is 11.8 Å². The van der Waals surface area contributed by atoms with Gasteiger partial charge < -0.3 is 15.0 Å². The highest BCUT2D eigenvalue weighted by atomic mass is 16.5. The molecular formula is C17H18N4O3. The third kappa shape index (κ3) is 3.94. The zero-order valence-electron chi connectivity index (χ0n) is 13.1. The number of nitrogens with zero attached hydrogens (tertiary/aromatic N) is 3. The number of morpholine rings is 1. The highest BCUT2D eigenvalue weighted by Gasteiger charge is 2.20. The summed E-state index contributed by atoms with van der Waals surface area (Å²) in [5, 5.41) is 2.75. The summed E-state index contributed by atoms with van der Waals surface area (Å²) in [4.78, 5) is 34.7. The van der Waals surface area contributed by atoms with Crippen LogP contribution in [-0.4, -0.2) is 53.0 Å². The van der Waals surface area contributed by atoms with Crippen molar-refractivity contribution in [1.82, 2.24) is 20.2 Å². The molecule has 1 saturated heterocycles. The van der Waals surface area contributed by atoms with Crippen molar-refractivity contribution in [3.8, 4) is 0 Å². The maximum absolute atomic E-state index is 12.4. The smallest absolute Gasteiger partial charge is 0.272 e. The molecule has 24 heavy (non-hydrogen) atoms. The van der Waals surface area contributed by atoms with Crippen molar-refractivity contribution < 1.29 is 14.3 Å². The first kappa shape index (κ1) is 16.1. The zero-order chi connectivity index (χ0) is 16.8. The molecule has 0 atom stereocenters. The number of aromatic nitrogens is 2. The van der Waals surface area contributed by atoms with Crippen LogP contribution in [0.15, 0.2) is 42.6 Å². The second-order valence-corrected chi connectivity index (χ2v) is 5.32. The lowest BCUT2D eigenvalue weighted by atomic mass is 10.2. The van der Waals surface area contributed by atoms with Crippen LogP contribution in [0.1, 0.15) is 26.7 Å². The van der Waals surface area contributed by atoms with Crippen LogP contribution in [0.5, 0.6) is 0 Å². The summed E-state index contributed by atoms with van der Waals surface area (Å²) in [6, 6.07) is 10.4. The molecule has 7 heteroatoms. The Kier molecular flexibility index (Phi) is 5.12. The summed E-state index contributed by atoms with van der Waals surface area (Å²) >= 11 is 0. The molecule has 1 N–H and O–H groups in total. The van der Waals surface area contributed by atoms with Gasteiger partial charge in [-0.15, -0.1) is 0 Å². The van der Waals surface area contributed by atoms with Crippen molar-refractivity contribution in [3.63, 3.8) is 0 Å². The Morgan fingerprint density at radius 2 is 1.88 bits per heavy atom. The molecule has 0 radical (unpaired) electrons. The standard InChI is InChI=1S/C17H18N4O3/c22-16(19-12-13-4-1-2-7-18-13)14-5-3-6-15(20-14)17(23)21-8-10-24-11-9-21/h1-7H,8-12H2,(H,19,22). The second kappa shape index (κ2) is 7.65. The van der Waals surface area contributed by atoms with E-state index in [1.54, 1.807) is 29.3 Å². The summed E-state index contributed by atoms with van der Waals surface area (Å²) in [5.41, 5.74) is 1.24. The number of ether oxygens (including phenoxy) is 1. The van der Waals surface area contributed by atoms with Crippen molar-refractivity contribution >= 4 is 11.8 Å². The fourth-order valence-corrected chi connectivity index (χ4v) is 2.37. The lowest BCUT2D eigenvalue weighted by molar-refractivity contribution is 0.0299. The first-order chi connectivity index (χ1) is 11.7. The van der Waals surface area contributed by atoms with E-state index in [1.165, 1.54) is 0 Å². The predicted molar refractivity (Wildman–Crippen MR) is 86.4 cm³/mol. The Labute approximate surface area is 139 Å². The number of hydrogen-bond donors (Lipinski definition) is 1. The van der Waals surface area contributed by atoms with Crippen LogP contribution in [0.3, 0.4) is 0 Å². The molecule has 1 aliphatic heterocycles. The predicted octanol–water partition coefficient (Wildman–Crippen LogP) is 0.879. The van der Waals surface area contributed by atoms with Gasteiger partial charge in [0, 0.05) is 19.3 Å². The Morgan fingerprint density at radius 1 is 1.08 bits per heavy atom. The van der Waals surface area contributed by atoms with Crippen molar-refractivity contribution in [3.05, 3.63) is 59.7 Å². The lowest BCUT2D eigenvalue weighted by Crippen LogP contribution is -2.41. The molecular weight excluding hydrogens is 308 g/mol. The maximum atomic E-state index is 12.4. The first-order valence-electron chi connectivity index (χ1n) is 7.76. The molecule has 0 spiro atoms. The van der Waals surface area contributed by atoms with E-state index in [1.807, 2.05) is 18.2 Å². The van der Waals surface area contributed by atoms with Crippen molar-refractivity contribution in [2.45, 2.75) is 6.54 Å². The van der Waals surface area contributed by atoms with Gasteiger partial charge in [-0.3, -0.25) is 14.6 Å². The van der Waals surface area contributed by atoms with Crippen molar-refractivity contribution in [2.24, 2.45) is 0 Å². The van der Waals surface area contributed by atoms with Crippen LogP contribution < -0.4 is 5.32 Å². The minimum Gasteiger partial charge on any atom is -0.378 e. The molecule has 0 bridgehead atoms. The Bertz CT molecular complexity index is 715. The van der Waals surface area contributed by atoms with Gasteiger partial charge in [-0.25, -0.2) is 4.98 Å². The highest BCUT2D eigenvalue weighted by molar-refractivity contribution is 5.96. The molecule has 1 fully saturated rings. The fourth-order valence-electron chi connectivity index (χ4n) is 2.37. The van der Waals surface area contributed by atoms with E-state index in [0.717, 1.165) is 5.69 Å². The topological polar surface area (TPSA) is 84.4 Å². The van der Waals surface area contributed by atoms with E-state index < -0.39 is 0 Å². The van der Waals surface area contributed by atoms with Crippen LogP contribution in [0.4, 0.5) is 0 Å². The van der Waals surface area contributed by atoms with Crippen LogP contribution in [0, 0.1) is 0 Å². The lowest BCUT2D eigenvalue weighted by Gasteiger charge is -2.26. The van der Waals surface area contributed by atoms with Gasteiger partial charge in [-0.2, -0.15) is 0 Å². The van der Waals surface area contributed by atoms with E-state index >= 15 is 0 Å². The number of carbonyl (C=O) groups is 2. The molecule has 0 aliphatic carbocycles. The molecule has 3 heterocycles. The van der Waals surface area contributed by atoms with E-state index in [2.05, 4.69) is 15.3 Å². The average Bonchev–Trinajstić information content (AvgIpc) is 2.67. The number of hydrogen-bond acceptors (Lipinski definition) is 5. The largest absolute Gasteiger partial charge is 0.378 e. The minimum atomic E-state index is -0.336. The second-order valence-electron chi connectivity index (χ2n) is 5.32. The summed E-state index contributed by atoms with van der Waals surface area (Å²) in [5.74, 6) is -0.519. The quantitative estimate of drug-likeness (QED) is 0.901. The normalized spacial score (nSPS) is 14.2. The number of pyridine rings is 2. The number of rotatable bonds is 4. The van der Waals surface area contributed by atoms with Crippen molar-refractivity contribution in [2.75, 3.05) is 26.3 Å². The van der Waals surface area contributed by atoms with Gasteiger partial charge in [0.2, 0.25) is 0 Å². The summed E-state index contributed by atoms with van der Waals surface area (Å²) in [6.07, 6.45) is 1.67. The summed E-state index contributed by atoms with van der Waals surface area (Å²) < 4.78 is 5.24. The molecule has 1 aliphatic rings. The Morgan fingerprint density at radius 3 is 2.62 bits per heavy atom. The van der Waals surface area contributed by atoms with E-state index in [0.29, 0.717) is 32.8 Å². The Balaban J connectivity index is 1.65. The van der Waals surface area contributed by atoms with Gasteiger partial charge in [-0.1, -0.05) is 12.1 Å². The van der Waals surface area contributed by atoms with E-state index in [4.69, 9.17) is 4.74 Å². The number of amides is 2. The van der Waals surface area contributed by atoms with Crippen molar-refractivity contribution in [1.29, 1.82) is 0 Å². The van der Waals surface area contributed by atoms with Gasteiger partial charge in [0.05, 0.1) is 25.5 Å². The zero-order valence-corrected chi connectivity index (χ0v) is 13.1. The molecule has 2 aromatic rings. The fraction of sp³-hybridized carbons (Fsp3) is 0.294. The molecule has 3 rings (SSSR count). The Hall–Kier alpha value is -2.80. The van der Waals surface area contributed by atoms with E-state index in [-0.39, 0.29) is 23.2 Å². The number of nitrogens with one attached hydrogen (secondary N) is 1. The summed E-state index contributed by atoms with van der Waals surface area (Å²) in [6.45, 7) is 2.43. The molecule has 0 unspecified atom stereocenters. The molecule has 124 valence electrons. The van der Waals surface area contributed by atoms with Crippen LogP contribution in [0.2, 0.25) is 0 Å². The maximum Gasteiger partial charge on any atom is 0.272 e. The van der Waals surface area contributed by atoms with Gasteiger partial charge >= 0.3 is 0 Å². The molecule has 0 saturated carbocycles. The third-order valence-electron chi connectivity index (χ3n) is 3.66. The van der Waals surface area contributed by atoms with E-state index in [9.17, 15) is 9.59 Å².